The van der Waals surface area contributed by atoms with Crippen LogP contribution in [-0.4, -0.2) is 30.1 Å². The summed E-state index contributed by atoms with van der Waals surface area (Å²) in [5.74, 6) is 3.16. The predicted octanol–water partition coefficient (Wildman–Crippen LogP) is 10.5. The fourth-order valence-corrected chi connectivity index (χ4v) is 3.57. The first-order chi connectivity index (χ1) is 20.3. The smallest absolute Gasteiger partial charge is 0.131 e. The largest absolute Gasteiger partial charge is 0.240 e. The van der Waals surface area contributed by atoms with E-state index in [0.717, 1.165) is 33.8 Å². The Balaban J connectivity index is 0.000000560. The predicted molar refractivity (Wildman–Crippen MR) is 182 cm³/mol. The number of aryl methyl sites for hydroxylation is 1. The van der Waals surface area contributed by atoms with Crippen LogP contribution in [0.2, 0.25) is 0 Å². The van der Waals surface area contributed by atoms with Gasteiger partial charge in [-0.3, -0.25) is 0 Å². The van der Waals surface area contributed by atoms with Gasteiger partial charge < -0.3 is 0 Å². The maximum absolute atomic E-state index is 4.49. The third-order valence-electron chi connectivity index (χ3n) is 5.59. The molecule has 42 heavy (non-hydrogen) atoms. The molecule has 5 aromatic rings. The van der Waals surface area contributed by atoms with E-state index < -0.39 is 0 Å². The standard InChI is InChI=1S/C12H14N2.C11H12N2.C7H10N2.3C2H6/c1-8(2)12-10-6-4-5-7-11(10)13-9(3)14-12;1-8(2)11-12-7-9-5-3-4-6-10(9)13-11;1-6(2)7-3-4-8-9-5-7;3*1-2/h4-8H,1-3H3;3-8H,1-2H3;3-6H,1-2H3;3*1-2H3. The van der Waals surface area contributed by atoms with E-state index in [-0.39, 0.29) is 0 Å². The van der Waals surface area contributed by atoms with Crippen LogP contribution in [-0.2, 0) is 0 Å². The van der Waals surface area contributed by atoms with Crippen molar-refractivity contribution in [2.75, 3.05) is 0 Å². The number of fused-ring (bicyclic) bond motifs is 2. The minimum Gasteiger partial charge on any atom is -0.240 e. The minimum absolute atomic E-state index is 0.393. The molecule has 0 aliphatic rings. The van der Waals surface area contributed by atoms with Gasteiger partial charge in [-0.2, -0.15) is 10.2 Å². The number of benzene rings is 2. The van der Waals surface area contributed by atoms with Crippen molar-refractivity contribution < 1.29 is 0 Å². The van der Waals surface area contributed by atoms with Crippen molar-refractivity contribution >= 4 is 21.8 Å². The van der Waals surface area contributed by atoms with E-state index in [1.165, 1.54) is 10.9 Å². The van der Waals surface area contributed by atoms with Crippen LogP contribution in [0.3, 0.4) is 0 Å². The summed E-state index contributed by atoms with van der Waals surface area (Å²) in [4.78, 5) is 17.7. The van der Waals surface area contributed by atoms with Gasteiger partial charge in [-0.15, -0.1) is 0 Å². The molecule has 5 rings (SSSR count). The highest BCUT2D eigenvalue weighted by molar-refractivity contribution is 5.81. The molecule has 0 radical (unpaired) electrons. The summed E-state index contributed by atoms with van der Waals surface area (Å²) in [5.41, 5.74) is 4.46. The number of rotatable bonds is 3. The maximum atomic E-state index is 4.49. The summed E-state index contributed by atoms with van der Waals surface area (Å²) in [5, 5.41) is 9.71. The Hall–Kier alpha value is -3.80. The first-order valence-electron chi connectivity index (χ1n) is 15.5. The molecule has 0 aliphatic carbocycles. The van der Waals surface area contributed by atoms with Crippen LogP contribution in [0.15, 0.2) is 73.2 Å². The third-order valence-corrected chi connectivity index (χ3v) is 5.59. The molecule has 0 bridgehead atoms. The molecule has 228 valence electrons. The topological polar surface area (TPSA) is 77.3 Å². The maximum Gasteiger partial charge on any atom is 0.131 e. The molecule has 2 aromatic carbocycles. The number of para-hydroxylation sites is 2. The second-order valence-corrected chi connectivity index (χ2v) is 9.60. The monoisotopic (exact) mass is 570 g/mol. The molecular formula is C36H54N6. The normalized spacial score (nSPS) is 9.71. The van der Waals surface area contributed by atoms with Crippen LogP contribution in [0.4, 0.5) is 0 Å². The molecule has 0 N–H and O–H groups in total. The van der Waals surface area contributed by atoms with E-state index in [2.05, 4.69) is 77.7 Å². The SMILES string of the molecule is CC.CC.CC.CC(C)c1ccnnc1.CC(C)c1ncc2ccccc2n1.Cc1nc(C(C)C)c2ccccc2n1. The molecule has 0 unspecified atom stereocenters. The van der Waals surface area contributed by atoms with Crippen molar-refractivity contribution in [1.82, 2.24) is 30.1 Å². The van der Waals surface area contributed by atoms with Crippen LogP contribution >= 0.6 is 0 Å². The molecule has 3 heterocycles. The molecular weight excluding hydrogens is 516 g/mol. The van der Waals surface area contributed by atoms with Crippen molar-refractivity contribution in [2.24, 2.45) is 0 Å². The number of aromatic nitrogens is 6. The Kier molecular flexibility index (Phi) is 19.9. The molecule has 0 atom stereocenters. The highest BCUT2D eigenvalue weighted by Crippen LogP contribution is 2.22. The van der Waals surface area contributed by atoms with Crippen molar-refractivity contribution in [3.05, 3.63) is 96.1 Å². The number of hydrogen-bond acceptors (Lipinski definition) is 6. The van der Waals surface area contributed by atoms with Gasteiger partial charge >= 0.3 is 0 Å². The first-order valence-corrected chi connectivity index (χ1v) is 15.5. The quantitative estimate of drug-likeness (QED) is 0.215. The Labute approximate surface area is 255 Å². The molecule has 0 saturated heterocycles. The fourth-order valence-electron chi connectivity index (χ4n) is 3.57. The summed E-state index contributed by atoms with van der Waals surface area (Å²) in [6, 6.07) is 18.2. The van der Waals surface area contributed by atoms with Gasteiger partial charge in [0, 0.05) is 29.1 Å². The zero-order valence-corrected chi connectivity index (χ0v) is 28.3. The van der Waals surface area contributed by atoms with E-state index in [0.29, 0.717) is 17.8 Å². The summed E-state index contributed by atoms with van der Waals surface area (Å²) < 4.78 is 0. The van der Waals surface area contributed by atoms with Crippen LogP contribution in [0, 0.1) is 6.92 Å². The molecule has 0 spiro atoms. The molecule has 0 fully saturated rings. The zero-order valence-electron chi connectivity index (χ0n) is 28.3. The molecule has 6 nitrogen and oxygen atoms in total. The lowest BCUT2D eigenvalue weighted by molar-refractivity contribution is 0.783. The van der Waals surface area contributed by atoms with Gasteiger partial charge in [0.2, 0.25) is 0 Å². The second kappa shape index (κ2) is 21.9. The Morgan fingerprint density at radius 1 is 0.548 bits per heavy atom. The Morgan fingerprint density at radius 3 is 1.67 bits per heavy atom. The number of nitrogens with zero attached hydrogens (tertiary/aromatic N) is 6. The van der Waals surface area contributed by atoms with Crippen LogP contribution in [0.25, 0.3) is 21.8 Å². The number of hydrogen-bond donors (Lipinski definition) is 0. The van der Waals surface area contributed by atoms with Crippen molar-refractivity contribution in [3.63, 3.8) is 0 Å². The lowest BCUT2D eigenvalue weighted by Crippen LogP contribution is -1.99. The van der Waals surface area contributed by atoms with Crippen molar-refractivity contribution in [3.8, 4) is 0 Å². The molecule has 0 amide bonds. The zero-order chi connectivity index (χ0) is 32.1. The molecule has 3 aromatic heterocycles. The van der Waals surface area contributed by atoms with Gasteiger partial charge in [0.25, 0.3) is 0 Å². The van der Waals surface area contributed by atoms with Gasteiger partial charge in [-0.25, -0.2) is 19.9 Å². The third kappa shape index (κ3) is 12.8. The summed E-state index contributed by atoms with van der Waals surface area (Å²) in [7, 11) is 0. The van der Waals surface area contributed by atoms with Gasteiger partial charge in [0.05, 0.1) is 22.9 Å². The molecule has 6 heteroatoms. The Bertz CT molecular complexity index is 1380. The van der Waals surface area contributed by atoms with Crippen LogP contribution in [0.5, 0.6) is 0 Å². The lowest BCUT2D eigenvalue weighted by atomic mass is 10.0. The molecule has 0 saturated carbocycles. The highest BCUT2D eigenvalue weighted by Gasteiger charge is 2.08. The average molecular weight is 571 g/mol. The van der Waals surface area contributed by atoms with Crippen LogP contribution in [0.1, 0.15) is 124 Å². The van der Waals surface area contributed by atoms with Crippen molar-refractivity contribution in [2.45, 2.75) is 108 Å². The Morgan fingerprint density at radius 2 is 1.14 bits per heavy atom. The van der Waals surface area contributed by atoms with E-state index in [1.807, 2.05) is 103 Å². The summed E-state index contributed by atoms with van der Waals surface area (Å²) in [6.07, 6.45) is 5.40. The molecule has 0 aliphatic heterocycles. The second-order valence-electron chi connectivity index (χ2n) is 9.60. The van der Waals surface area contributed by atoms with Gasteiger partial charge in [-0.05, 0) is 42.5 Å². The highest BCUT2D eigenvalue weighted by atomic mass is 15.1. The first kappa shape index (κ1) is 38.2. The van der Waals surface area contributed by atoms with E-state index >= 15 is 0 Å². The van der Waals surface area contributed by atoms with Gasteiger partial charge in [0.1, 0.15) is 11.6 Å². The van der Waals surface area contributed by atoms with E-state index in [1.54, 1.807) is 12.4 Å². The summed E-state index contributed by atoms with van der Waals surface area (Å²) >= 11 is 0. The van der Waals surface area contributed by atoms with Crippen LogP contribution < -0.4 is 0 Å². The minimum atomic E-state index is 0.393. The van der Waals surface area contributed by atoms with E-state index in [4.69, 9.17) is 0 Å². The fraction of sp³-hybridized carbons (Fsp3) is 0.444. The van der Waals surface area contributed by atoms with Gasteiger partial charge in [0.15, 0.2) is 0 Å². The van der Waals surface area contributed by atoms with Crippen molar-refractivity contribution in [1.29, 1.82) is 0 Å². The summed E-state index contributed by atoms with van der Waals surface area (Å²) in [6.45, 7) is 26.7. The average Bonchev–Trinajstić information content (AvgIpc) is 3.04. The lowest BCUT2D eigenvalue weighted by Gasteiger charge is -2.09. The van der Waals surface area contributed by atoms with Gasteiger partial charge in [-0.1, -0.05) is 119 Å². The van der Waals surface area contributed by atoms with E-state index in [9.17, 15) is 0 Å².